The zero-order valence-electron chi connectivity index (χ0n) is 8.90. The molecule has 0 aromatic heterocycles. The van der Waals surface area contributed by atoms with Crippen molar-refractivity contribution < 1.29 is 5.11 Å². The number of aliphatic hydroxyl groups is 1. The maximum atomic E-state index is 9.14. The zero-order chi connectivity index (χ0) is 10.4. The van der Waals surface area contributed by atoms with Crippen LogP contribution < -0.4 is 5.32 Å². The molecule has 1 rings (SSSR count). The standard InChI is InChI=1S/C12H19NO/c1-10(8-9-11(2)14)13-12-6-4-3-5-7-12/h3-7,10-11,13-14H,8-9H2,1-2H3. The lowest BCUT2D eigenvalue weighted by atomic mass is 10.1. The summed E-state index contributed by atoms with van der Waals surface area (Å²) in [5.74, 6) is 0. The minimum absolute atomic E-state index is 0.199. The topological polar surface area (TPSA) is 32.3 Å². The Kier molecular flexibility index (Phi) is 4.47. The van der Waals surface area contributed by atoms with Crippen LogP contribution in [-0.4, -0.2) is 17.3 Å². The Morgan fingerprint density at radius 2 is 1.79 bits per heavy atom. The van der Waals surface area contributed by atoms with Crippen LogP contribution in [0.25, 0.3) is 0 Å². The first-order valence-electron chi connectivity index (χ1n) is 5.18. The second kappa shape index (κ2) is 5.66. The van der Waals surface area contributed by atoms with Gasteiger partial charge in [-0.25, -0.2) is 0 Å². The summed E-state index contributed by atoms with van der Waals surface area (Å²) < 4.78 is 0. The number of anilines is 1. The third-order valence-corrected chi connectivity index (χ3v) is 2.20. The predicted octanol–water partition coefficient (Wildman–Crippen LogP) is 2.65. The normalized spacial score (nSPS) is 14.8. The molecule has 1 aromatic rings. The van der Waals surface area contributed by atoms with Gasteiger partial charge in [0, 0.05) is 11.7 Å². The molecular weight excluding hydrogens is 174 g/mol. The summed E-state index contributed by atoms with van der Waals surface area (Å²) in [5.41, 5.74) is 1.14. The molecule has 2 nitrogen and oxygen atoms in total. The molecule has 2 N–H and O–H groups in total. The van der Waals surface area contributed by atoms with E-state index in [4.69, 9.17) is 5.11 Å². The van der Waals surface area contributed by atoms with E-state index in [1.165, 1.54) is 0 Å². The lowest BCUT2D eigenvalue weighted by Gasteiger charge is -2.15. The molecule has 0 amide bonds. The van der Waals surface area contributed by atoms with Gasteiger partial charge >= 0.3 is 0 Å². The zero-order valence-corrected chi connectivity index (χ0v) is 8.90. The number of hydrogen-bond donors (Lipinski definition) is 2. The Bertz CT molecular complexity index is 246. The van der Waals surface area contributed by atoms with Crippen LogP contribution in [0.5, 0.6) is 0 Å². The van der Waals surface area contributed by atoms with Crippen molar-refractivity contribution in [1.29, 1.82) is 0 Å². The van der Waals surface area contributed by atoms with Gasteiger partial charge in [-0.1, -0.05) is 18.2 Å². The van der Waals surface area contributed by atoms with E-state index in [0.717, 1.165) is 18.5 Å². The third-order valence-electron chi connectivity index (χ3n) is 2.20. The Balaban J connectivity index is 2.30. The van der Waals surface area contributed by atoms with Gasteiger partial charge in [0.2, 0.25) is 0 Å². The average Bonchev–Trinajstić information content (AvgIpc) is 2.16. The quantitative estimate of drug-likeness (QED) is 0.753. The first kappa shape index (κ1) is 11.1. The van der Waals surface area contributed by atoms with E-state index in [0.29, 0.717) is 6.04 Å². The van der Waals surface area contributed by atoms with E-state index in [-0.39, 0.29) is 6.10 Å². The number of nitrogens with one attached hydrogen (secondary N) is 1. The molecule has 0 saturated heterocycles. The SMILES string of the molecule is CC(O)CCC(C)Nc1ccccc1. The highest BCUT2D eigenvalue weighted by atomic mass is 16.3. The molecule has 0 aliphatic carbocycles. The van der Waals surface area contributed by atoms with Gasteiger partial charge in [-0.05, 0) is 38.8 Å². The highest BCUT2D eigenvalue weighted by Crippen LogP contribution is 2.10. The lowest BCUT2D eigenvalue weighted by Crippen LogP contribution is -2.17. The van der Waals surface area contributed by atoms with Crippen LogP contribution >= 0.6 is 0 Å². The summed E-state index contributed by atoms with van der Waals surface area (Å²) in [6.07, 6.45) is 1.64. The smallest absolute Gasteiger partial charge is 0.0512 e. The highest BCUT2D eigenvalue weighted by Gasteiger charge is 2.03. The molecule has 2 atom stereocenters. The summed E-state index contributed by atoms with van der Waals surface area (Å²) in [7, 11) is 0. The van der Waals surface area contributed by atoms with Gasteiger partial charge in [0.05, 0.1) is 6.10 Å². The van der Waals surface area contributed by atoms with Gasteiger partial charge in [-0.3, -0.25) is 0 Å². The monoisotopic (exact) mass is 193 g/mol. The van der Waals surface area contributed by atoms with Crippen molar-refractivity contribution in [2.75, 3.05) is 5.32 Å². The Morgan fingerprint density at radius 1 is 1.14 bits per heavy atom. The van der Waals surface area contributed by atoms with Gasteiger partial charge < -0.3 is 10.4 Å². The highest BCUT2D eigenvalue weighted by molar-refractivity contribution is 5.43. The second-order valence-corrected chi connectivity index (χ2v) is 3.84. The van der Waals surface area contributed by atoms with E-state index in [1.807, 2.05) is 25.1 Å². The molecule has 2 heteroatoms. The number of para-hydroxylation sites is 1. The molecule has 0 saturated carbocycles. The fourth-order valence-corrected chi connectivity index (χ4v) is 1.38. The lowest BCUT2D eigenvalue weighted by molar-refractivity contribution is 0.180. The van der Waals surface area contributed by atoms with Crippen molar-refractivity contribution in [3.8, 4) is 0 Å². The van der Waals surface area contributed by atoms with Crippen LogP contribution in [0.1, 0.15) is 26.7 Å². The molecular formula is C12H19NO. The largest absolute Gasteiger partial charge is 0.393 e. The number of benzene rings is 1. The van der Waals surface area contributed by atoms with Crippen LogP contribution in [0, 0.1) is 0 Å². The molecule has 14 heavy (non-hydrogen) atoms. The first-order valence-corrected chi connectivity index (χ1v) is 5.18. The molecule has 78 valence electrons. The Labute approximate surface area is 86.0 Å². The van der Waals surface area contributed by atoms with Crippen LogP contribution in [0.3, 0.4) is 0 Å². The van der Waals surface area contributed by atoms with Gasteiger partial charge in [0.25, 0.3) is 0 Å². The molecule has 0 fully saturated rings. The van der Waals surface area contributed by atoms with Gasteiger partial charge in [0.15, 0.2) is 0 Å². The summed E-state index contributed by atoms with van der Waals surface area (Å²) in [5, 5.41) is 12.5. The van der Waals surface area contributed by atoms with E-state index in [2.05, 4.69) is 24.4 Å². The average molecular weight is 193 g/mol. The minimum Gasteiger partial charge on any atom is -0.393 e. The fourth-order valence-electron chi connectivity index (χ4n) is 1.38. The minimum atomic E-state index is -0.199. The maximum Gasteiger partial charge on any atom is 0.0512 e. The van der Waals surface area contributed by atoms with E-state index in [9.17, 15) is 0 Å². The molecule has 0 aliphatic heterocycles. The molecule has 2 unspecified atom stereocenters. The van der Waals surface area contributed by atoms with Crippen molar-refractivity contribution in [3.05, 3.63) is 30.3 Å². The van der Waals surface area contributed by atoms with Crippen molar-refractivity contribution in [3.63, 3.8) is 0 Å². The Hall–Kier alpha value is -1.02. The summed E-state index contributed by atoms with van der Waals surface area (Å²) in [6.45, 7) is 3.96. The molecule has 0 heterocycles. The number of aliphatic hydroxyl groups excluding tert-OH is 1. The van der Waals surface area contributed by atoms with E-state index < -0.39 is 0 Å². The summed E-state index contributed by atoms with van der Waals surface area (Å²) >= 11 is 0. The molecule has 0 radical (unpaired) electrons. The molecule has 0 spiro atoms. The third kappa shape index (κ3) is 4.28. The van der Waals surface area contributed by atoms with Crippen LogP contribution in [0.4, 0.5) is 5.69 Å². The van der Waals surface area contributed by atoms with Gasteiger partial charge in [0.1, 0.15) is 0 Å². The number of hydrogen-bond acceptors (Lipinski definition) is 2. The molecule has 0 bridgehead atoms. The molecule has 0 aliphatic rings. The van der Waals surface area contributed by atoms with Crippen molar-refractivity contribution in [1.82, 2.24) is 0 Å². The van der Waals surface area contributed by atoms with E-state index >= 15 is 0 Å². The fraction of sp³-hybridized carbons (Fsp3) is 0.500. The predicted molar refractivity (Wildman–Crippen MR) is 60.4 cm³/mol. The van der Waals surface area contributed by atoms with Crippen molar-refractivity contribution in [2.45, 2.75) is 38.8 Å². The summed E-state index contributed by atoms with van der Waals surface area (Å²) in [4.78, 5) is 0. The van der Waals surface area contributed by atoms with Gasteiger partial charge in [-0.15, -0.1) is 0 Å². The van der Waals surface area contributed by atoms with E-state index in [1.54, 1.807) is 0 Å². The molecule has 1 aromatic carbocycles. The first-order chi connectivity index (χ1) is 6.68. The van der Waals surface area contributed by atoms with Crippen LogP contribution in [0.15, 0.2) is 30.3 Å². The summed E-state index contributed by atoms with van der Waals surface area (Å²) in [6, 6.07) is 10.6. The van der Waals surface area contributed by atoms with Crippen LogP contribution in [-0.2, 0) is 0 Å². The number of rotatable bonds is 5. The second-order valence-electron chi connectivity index (χ2n) is 3.84. The van der Waals surface area contributed by atoms with Crippen molar-refractivity contribution in [2.24, 2.45) is 0 Å². The van der Waals surface area contributed by atoms with Gasteiger partial charge in [-0.2, -0.15) is 0 Å². The van der Waals surface area contributed by atoms with Crippen molar-refractivity contribution >= 4 is 5.69 Å². The Morgan fingerprint density at radius 3 is 2.36 bits per heavy atom. The maximum absolute atomic E-state index is 9.14. The van der Waals surface area contributed by atoms with Crippen LogP contribution in [0.2, 0.25) is 0 Å².